The van der Waals surface area contributed by atoms with Gasteiger partial charge in [0, 0.05) is 28.1 Å². The lowest BCUT2D eigenvalue weighted by Gasteiger charge is -2.08. The van der Waals surface area contributed by atoms with Gasteiger partial charge in [-0.1, -0.05) is 13.8 Å². The highest BCUT2D eigenvalue weighted by Crippen LogP contribution is 2.30. The summed E-state index contributed by atoms with van der Waals surface area (Å²) >= 11 is 3.16. The van der Waals surface area contributed by atoms with E-state index in [1.54, 1.807) is 11.3 Å². The quantitative estimate of drug-likeness (QED) is 0.658. The maximum absolute atomic E-state index is 12.5. The Kier molecular flexibility index (Phi) is 5.58. The molecule has 0 unspecified atom stereocenters. The molecule has 0 aliphatic carbocycles. The van der Waals surface area contributed by atoms with Crippen molar-refractivity contribution in [1.82, 2.24) is 14.8 Å². The van der Waals surface area contributed by atoms with Gasteiger partial charge in [0.2, 0.25) is 5.91 Å². The first-order chi connectivity index (χ1) is 12.3. The molecule has 3 heterocycles. The molecule has 0 saturated carbocycles. The van der Waals surface area contributed by atoms with Gasteiger partial charge in [-0.25, -0.2) is 4.98 Å². The normalized spacial score (nSPS) is 11.3. The molecule has 7 heteroatoms. The molecule has 0 aromatic carbocycles. The van der Waals surface area contributed by atoms with E-state index < -0.39 is 0 Å². The standard InChI is InChI=1S/C19H24N4OS2/c1-11(2)9-23-14(5)15(13(4)22-23)8-18(24)21-19-20-16(10-25-19)17-7-6-12(3)26-17/h6-7,10-11H,8-9H2,1-5H3,(H,20,21,24). The van der Waals surface area contributed by atoms with Crippen molar-refractivity contribution in [3.63, 3.8) is 0 Å². The number of aryl methyl sites for hydroxylation is 2. The second-order valence-electron chi connectivity index (χ2n) is 6.90. The molecule has 0 aliphatic heterocycles. The van der Waals surface area contributed by atoms with Crippen molar-refractivity contribution in [2.24, 2.45) is 5.92 Å². The van der Waals surface area contributed by atoms with Gasteiger partial charge in [0.05, 0.1) is 22.7 Å². The van der Waals surface area contributed by atoms with Gasteiger partial charge in [-0.3, -0.25) is 9.48 Å². The number of nitrogens with zero attached hydrogens (tertiary/aromatic N) is 3. The van der Waals surface area contributed by atoms with Crippen LogP contribution in [-0.4, -0.2) is 20.7 Å². The molecule has 3 rings (SSSR count). The molecule has 0 bridgehead atoms. The first-order valence-electron chi connectivity index (χ1n) is 8.68. The van der Waals surface area contributed by atoms with Crippen LogP contribution in [0.4, 0.5) is 5.13 Å². The molecule has 26 heavy (non-hydrogen) atoms. The monoisotopic (exact) mass is 388 g/mol. The van der Waals surface area contributed by atoms with Crippen molar-refractivity contribution < 1.29 is 4.79 Å². The minimum Gasteiger partial charge on any atom is -0.302 e. The number of carbonyl (C=O) groups is 1. The number of hydrogen-bond donors (Lipinski definition) is 1. The Balaban J connectivity index is 1.68. The van der Waals surface area contributed by atoms with Crippen LogP contribution >= 0.6 is 22.7 Å². The Bertz CT molecular complexity index is 920. The molecule has 3 aromatic heterocycles. The minimum atomic E-state index is -0.0523. The zero-order chi connectivity index (χ0) is 18.8. The summed E-state index contributed by atoms with van der Waals surface area (Å²) in [5, 5.41) is 10.1. The number of carbonyl (C=O) groups excluding carboxylic acids is 1. The van der Waals surface area contributed by atoms with E-state index in [0.29, 0.717) is 17.5 Å². The van der Waals surface area contributed by atoms with E-state index in [9.17, 15) is 4.79 Å². The van der Waals surface area contributed by atoms with Crippen LogP contribution in [0, 0.1) is 26.7 Å². The summed E-state index contributed by atoms with van der Waals surface area (Å²) in [5.41, 5.74) is 3.92. The fraction of sp³-hybridized carbons (Fsp3) is 0.421. The second-order valence-corrected chi connectivity index (χ2v) is 9.04. The highest BCUT2D eigenvalue weighted by molar-refractivity contribution is 7.17. The van der Waals surface area contributed by atoms with Gasteiger partial charge in [0.1, 0.15) is 0 Å². The molecule has 0 fully saturated rings. The van der Waals surface area contributed by atoms with E-state index in [1.807, 2.05) is 23.9 Å². The van der Waals surface area contributed by atoms with Crippen LogP contribution in [0.3, 0.4) is 0 Å². The Morgan fingerprint density at radius 3 is 2.69 bits per heavy atom. The van der Waals surface area contributed by atoms with Gasteiger partial charge >= 0.3 is 0 Å². The van der Waals surface area contributed by atoms with Crippen molar-refractivity contribution in [3.05, 3.63) is 39.3 Å². The molecule has 138 valence electrons. The lowest BCUT2D eigenvalue weighted by Crippen LogP contribution is -2.15. The van der Waals surface area contributed by atoms with E-state index in [1.165, 1.54) is 16.2 Å². The van der Waals surface area contributed by atoms with Crippen LogP contribution < -0.4 is 5.32 Å². The van der Waals surface area contributed by atoms with Crippen LogP contribution in [0.2, 0.25) is 0 Å². The second kappa shape index (κ2) is 7.72. The number of amides is 1. The van der Waals surface area contributed by atoms with E-state index in [0.717, 1.165) is 34.1 Å². The molecular weight excluding hydrogens is 364 g/mol. The lowest BCUT2D eigenvalue weighted by molar-refractivity contribution is -0.115. The maximum atomic E-state index is 12.5. The fourth-order valence-electron chi connectivity index (χ4n) is 2.85. The molecule has 5 nitrogen and oxygen atoms in total. The van der Waals surface area contributed by atoms with Crippen molar-refractivity contribution >= 4 is 33.7 Å². The molecular formula is C19H24N4OS2. The summed E-state index contributed by atoms with van der Waals surface area (Å²) in [6.45, 7) is 11.3. The topological polar surface area (TPSA) is 59.8 Å². The largest absolute Gasteiger partial charge is 0.302 e. The van der Waals surface area contributed by atoms with Gasteiger partial charge in [-0.05, 0) is 38.8 Å². The van der Waals surface area contributed by atoms with Gasteiger partial charge in [0.15, 0.2) is 5.13 Å². The van der Waals surface area contributed by atoms with Crippen LogP contribution in [0.15, 0.2) is 17.5 Å². The van der Waals surface area contributed by atoms with Gasteiger partial charge < -0.3 is 5.32 Å². The summed E-state index contributed by atoms with van der Waals surface area (Å²) in [5.74, 6) is 0.466. The maximum Gasteiger partial charge on any atom is 0.230 e. The Morgan fingerprint density at radius 1 is 1.27 bits per heavy atom. The Labute approximate surface area is 162 Å². The van der Waals surface area contributed by atoms with Crippen molar-refractivity contribution in [2.75, 3.05) is 5.32 Å². The third-order valence-corrected chi connectivity index (χ3v) is 5.93. The predicted molar refractivity (Wildman–Crippen MR) is 109 cm³/mol. The molecule has 0 atom stereocenters. The van der Waals surface area contributed by atoms with Crippen molar-refractivity contribution in [3.8, 4) is 10.6 Å². The fourth-order valence-corrected chi connectivity index (χ4v) is 4.48. The first kappa shape index (κ1) is 18.8. The average Bonchev–Trinajstić information content (AvgIpc) is 3.24. The number of thiazole rings is 1. The number of rotatable bonds is 6. The van der Waals surface area contributed by atoms with E-state index >= 15 is 0 Å². The molecule has 3 aromatic rings. The van der Waals surface area contributed by atoms with Crippen molar-refractivity contribution in [2.45, 2.75) is 47.6 Å². The van der Waals surface area contributed by atoms with E-state index in [4.69, 9.17) is 0 Å². The third kappa shape index (κ3) is 4.22. The zero-order valence-electron chi connectivity index (χ0n) is 15.8. The molecule has 0 radical (unpaired) electrons. The first-order valence-corrected chi connectivity index (χ1v) is 10.4. The molecule has 0 aliphatic rings. The molecule has 1 N–H and O–H groups in total. The summed E-state index contributed by atoms with van der Waals surface area (Å²) in [6.07, 6.45) is 0.322. The SMILES string of the molecule is Cc1ccc(-c2csc(NC(=O)Cc3c(C)nn(CC(C)C)c3C)n2)s1. The summed E-state index contributed by atoms with van der Waals surface area (Å²) in [6, 6.07) is 4.15. The van der Waals surface area contributed by atoms with Gasteiger partial charge in [0.25, 0.3) is 0 Å². The average molecular weight is 389 g/mol. The highest BCUT2D eigenvalue weighted by atomic mass is 32.1. The molecule has 0 spiro atoms. The number of anilines is 1. The number of aromatic nitrogens is 3. The Morgan fingerprint density at radius 2 is 2.04 bits per heavy atom. The van der Waals surface area contributed by atoms with Gasteiger partial charge in [-0.15, -0.1) is 22.7 Å². The molecule has 0 saturated heterocycles. The van der Waals surface area contributed by atoms with Crippen LogP contribution in [0.5, 0.6) is 0 Å². The Hall–Kier alpha value is -1.99. The van der Waals surface area contributed by atoms with E-state index in [2.05, 4.69) is 48.3 Å². The molecule has 1 amide bonds. The minimum absolute atomic E-state index is 0.0523. The van der Waals surface area contributed by atoms with Gasteiger partial charge in [-0.2, -0.15) is 5.10 Å². The summed E-state index contributed by atoms with van der Waals surface area (Å²) < 4.78 is 2.00. The lowest BCUT2D eigenvalue weighted by atomic mass is 10.1. The summed E-state index contributed by atoms with van der Waals surface area (Å²) in [4.78, 5) is 19.4. The highest BCUT2D eigenvalue weighted by Gasteiger charge is 2.17. The van der Waals surface area contributed by atoms with Crippen LogP contribution in [0.1, 0.15) is 35.7 Å². The van der Waals surface area contributed by atoms with Crippen LogP contribution in [0.25, 0.3) is 10.6 Å². The number of thiophene rings is 1. The van der Waals surface area contributed by atoms with Crippen molar-refractivity contribution in [1.29, 1.82) is 0 Å². The smallest absolute Gasteiger partial charge is 0.230 e. The zero-order valence-corrected chi connectivity index (χ0v) is 17.4. The third-order valence-electron chi connectivity index (χ3n) is 4.15. The number of nitrogens with one attached hydrogen (secondary N) is 1. The summed E-state index contributed by atoms with van der Waals surface area (Å²) in [7, 11) is 0. The predicted octanol–water partition coefficient (Wildman–Crippen LogP) is 4.83. The number of hydrogen-bond acceptors (Lipinski definition) is 5. The van der Waals surface area contributed by atoms with Crippen LogP contribution in [-0.2, 0) is 17.8 Å². The van der Waals surface area contributed by atoms with E-state index in [-0.39, 0.29) is 5.91 Å².